The first-order valence-electron chi connectivity index (χ1n) is 8.29. The summed E-state index contributed by atoms with van der Waals surface area (Å²) < 4.78 is 1.77. The molecular weight excluding hydrogens is 300 g/mol. The maximum atomic E-state index is 4.63. The zero-order valence-electron chi connectivity index (χ0n) is 14.6. The van der Waals surface area contributed by atoms with Gasteiger partial charge in [0.05, 0.1) is 11.6 Å². The molecular formula is C18H24N6. The average molecular weight is 324 g/mol. The molecule has 3 rings (SSSR count). The van der Waals surface area contributed by atoms with E-state index in [1.165, 1.54) is 5.56 Å². The van der Waals surface area contributed by atoms with Gasteiger partial charge in [0, 0.05) is 19.6 Å². The van der Waals surface area contributed by atoms with Crippen molar-refractivity contribution in [2.75, 3.05) is 17.2 Å². The van der Waals surface area contributed by atoms with Crippen molar-refractivity contribution in [2.45, 2.75) is 32.7 Å². The molecule has 0 saturated carbocycles. The van der Waals surface area contributed by atoms with Gasteiger partial charge in [-0.3, -0.25) is 4.68 Å². The smallest absolute Gasteiger partial charge is 0.226 e. The molecule has 1 aromatic carbocycles. The molecule has 24 heavy (non-hydrogen) atoms. The second kappa shape index (κ2) is 6.86. The number of benzene rings is 1. The normalized spacial score (nSPS) is 12.5. The van der Waals surface area contributed by atoms with Crippen LogP contribution in [-0.2, 0) is 7.05 Å². The maximum absolute atomic E-state index is 4.63. The lowest BCUT2D eigenvalue weighted by atomic mass is 10.0. The molecule has 2 aromatic heterocycles. The SMILES string of the molecule is CC(C)Nc1nc(NCC(C)c2ccccc2)nc2c1cnn2C. The Morgan fingerprint density at radius 1 is 1.08 bits per heavy atom. The van der Waals surface area contributed by atoms with E-state index in [0.717, 1.165) is 23.4 Å². The fraction of sp³-hybridized carbons (Fsp3) is 0.389. The van der Waals surface area contributed by atoms with Crippen LogP contribution in [0.3, 0.4) is 0 Å². The molecule has 1 unspecified atom stereocenters. The fourth-order valence-corrected chi connectivity index (χ4v) is 2.63. The Labute approximate surface area is 142 Å². The van der Waals surface area contributed by atoms with Gasteiger partial charge in [0.25, 0.3) is 0 Å². The number of aromatic nitrogens is 4. The van der Waals surface area contributed by atoms with Crippen molar-refractivity contribution in [3.8, 4) is 0 Å². The van der Waals surface area contributed by atoms with Crippen LogP contribution in [0, 0.1) is 0 Å². The summed E-state index contributed by atoms with van der Waals surface area (Å²) >= 11 is 0. The molecule has 0 aliphatic heterocycles. The van der Waals surface area contributed by atoms with Gasteiger partial charge in [0.15, 0.2) is 5.65 Å². The van der Waals surface area contributed by atoms with Gasteiger partial charge in [-0.1, -0.05) is 37.3 Å². The number of hydrogen-bond donors (Lipinski definition) is 2. The van der Waals surface area contributed by atoms with Crippen molar-refractivity contribution < 1.29 is 0 Å². The number of anilines is 2. The number of rotatable bonds is 6. The lowest BCUT2D eigenvalue weighted by Gasteiger charge is -2.15. The summed E-state index contributed by atoms with van der Waals surface area (Å²) in [6.45, 7) is 7.15. The molecule has 0 radical (unpaired) electrons. The standard InChI is InChI=1S/C18H24N6/c1-12(2)21-16-15-11-20-24(4)17(15)23-18(22-16)19-10-13(3)14-8-6-5-7-9-14/h5-9,11-13H,10H2,1-4H3,(H2,19,21,22,23). The predicted octanol–water partition coefficient (Wildman–Crippen LogP) is 3.40. The Morgan fingerprint density at radius 3 is 2.54 bits per heavy atom. The minimum absolute atomic E-state index is 0.291. The third-order valence-corrected chi connectivity index (χ3v) is 3.95. The molecule has 0 bridgehead atoms. The summed E-state index contributed by atoms with van der Waals surface area (Å²) in [5.41, 5.74) is 2.12. The lowest BCUT2D eigenvalue weighted by Crippen LogP contribution is -2.15. The van der Waals surface area contributed by atoms with E-state index >= 15 is 0 Å². The van der Waals surface area contributed by atoms with Crippen LogP contribution in [0.15, 0.2) is 36.5 Å². The van der Waals surface area contributed by atoms with Crippen molar-refractivity contribution in [3.05, 3.63) is 42.1 Å². The molecule has 0 saturated heterocycles. The minimum Gasteiger partial charge on any atom is -0.367 e. The Hall–Kier alpha value is -2.63. The highest BCUT2D eigenvalue weighted by Gasteiger charge is 2.13. The number of nitrogens with one attached hydrogen (secondary N) is 2. The third kappa shape index (κ3) is 3.48. The van der Waals surface area contributed by atoms with Crippen molar-refractivity contribution >= 4 is 22.8 Å². The first-order valence-corrected chi connectivity index (χ1v) is 8.29. The Bertz CT molecular complexity index is 809. The lowest BCUT2D eigenvalue weighted by molar-refractivity contribution is 0.779. The summed E-state index contributed by atoms with van der Waals surface area (Å²) in [7, 11) is 1.89. The van der Waals surface area contributed by atoms with Crippen LogP contribution in [0.5, 0.6) is 0 Å². The first kappa shape index (κ1) is 16.2. The van der Waals surface area contributed by atoms with E-state index in [2.05, 4.69) is 70.7 Å². The van der Waals surface area contributed by atoms with Crippen LogP contribution in [0.1, 0.15) is 32.3 Å². The summed E-state index contributed by atoms with van der Waals surface area (Å²) in [4.78, 5) is 9.24. The van der Waals surface area contributed by atoms with E-state index in [9.17, 15) is 0 Å². The molecule has 6 heteroatoms. The quantitative estimate of drug-likeness (QED) is 0.727. The fourth-order valence-electron chi connectivity index (χ4n) is 2.63. The van der Waals surface area contributed by atoms with E-state index < -0.39 is 0 Å². The van der Waals surface area contributed by atoms with Crippen molar-refractivity contribution in [1.29, 1.82) is 0 Å². The molecule has 1 atom stereocenters. The molecule has 6 nitrogen and oxygen atoms in total. The molecule has 0 spiro atoms. The maximum Gasteiger partial charge on any atom is 0.226 e. The Morgan fingerprint density at radius 2 is 1.83 bits per heavy atom. The van der Waals surface area contributed by atoms with Gasteiger partial charge in [-0.25, -0.2) is 0 Å². The predicted molar refractivity (Wildman–Crippen MR) is 98.4 cm³/mol. The van der Waals surface area contributed by atoms with Crippen molar-refractivity contribution in [2.24, 2.45) is 7.05 Å². The molecule has 0 fully saturated rings. The molecule has 3 aromatic rings. The van der Waals surface area contributed by atoms with Crippen LogP contribution in [-0.4, -0.2) is 32.3 Å². The van der Waals surface area contributed by atoms with E-state index in [1.54, 1.807) is 10.9 Å². The minimum atomic E-state index is 0.291. The van der Waals surface area contributed by atoms with E-state index in [-0.39, 0.29) is 0 Å². The topological polar surface area (TPSA) is 67.7 Å². The monoisotopic (exact) mass is 324 g/mol. The van der Waals surface area contributed by atoms with E-state index in [1.807, 2.05) is 13.1 Å². The molecule has 0 aliphatic rings. The molecule has 0 amide bonds. The Kier molecular flexibility index (Phi) is 4.64. The third-order valence-electron chi connectivity index (χ3n) is 3.95. The van der Waals surface area contributed by atoms with E-state index in [0.29, 0.717) is 17.9 Å². The van der Waals surface area contributed by atoms with Gasteiger partial charge in [-0.2, -0.15) is 15.1 Å². The van der Waals surface area contributed by atoms with Crippen LogP contribution in [0.4, 0.5) is 11.8 Å². The number of aryl methyl sites for hydroxylation is 1. The van der Waals surface area contributed by atoms with Gasteiger partial charge in [-0.05, 0) is 25.3 Å². The highest BCUT2D eigenvalue weighted by molar-refractivity contribution is 5.87. The van der Waals surface area contributed by atoms with Gasteiger partial charge in [0.1, 0.15) is 5.82 Å². The summed E-state index contributed by atoms with van der Waals surface area (Å²) in [6, 6.07) is 10.7. The van der Waals surface area contributed by atoms with Gasteiger partial charge < -0.3 is 10.6 Å². The first-order chi connectivity index (χ1) is 11.5. The molecule has 2 heterocycles. The largest absolute Gasteiger partial charge is 0.367 e. The number of fused-ring (bicyclic) bond motifs is 1. The van der Waals surface area contributed by atoms with E-state index in [4.69, 9.17) is 0 Å². The van der Waals surface area contributed by atoms with Gasteiger partial charge in [0.2, 0.25) is 5.95 Å². The zero-order chi connectivity index (χ0) is 17.1. The molecule has 2 N–H and O–H groups in total. The van der Waals surface area contributed by atoms with Gasteiger partial charge >= 0.3 is 0 Å². The number of nitrogens with zero attached hydrogens (tertiary/aromatic N) is 4. The second-order valence-electron chi connectivity index (χ2n) is 6.39. The second-order valence-corrected chi connectivity index (χ2v) is 6.39. The van der Waals surface area contributed by atoms with Gasteiger partial charge in [-0.15, -0.1) is 0 Å². The molecule has 126 valence electrons. The summed E-state index contributed by atoms with van der Waals surface area (Å²) in [5.74, 6) is 1.81. The van der Waals surface area contributed by atoms with Crippen LogP contribution >= 0.6 is 0 Å². The average Bonchev–Trinajstić information content (AvgIpc) is 2.94. The highest BCUT2D eigenvalue weighted by Crippen LogP contribution is 2.22. The summed E-state index contributed by atoms with van der Waals surface area (Å²) in [5, 5.41) is 12.0. The van der Waals surface area contributed by atoms with Crippen molar-refractivity contribution in [3.63, 3.8) is 0 Å². The zero-order valence-corrected chi connectivity index (χ0v) is 14.6. The van der Waals surface area contributed by atoms with Crippen molar-refractivity contribution in [1.82, 2.24) is 19.7 Å². The number of hydrogen-bond acceptors (Lipinski definition) is 5. The highest BCUT2D eigenvalue weighted by atomic mass is 15.3. The Balaban J connectivity index is 1.82. The molecule has 0 aliphatic carbocycles. The summed E-state index contributed by atoms with van der Waals surface area (Å²) in [6.07, 6.45) is 1.80. The van der Waals surface area contributed by atoms with Crippen LogP contribution < -0.4 is 10.6 Å². The van der Waals surface area contributed by atoms with Crippen LogP contribution in [0.2, 0.25) is 0 Å². The van der Waals surface area contributed by atoms with Crippen LogP contribution in [0.25, 0.3) is 11.0 Å².